The number of aliphatic carboxylic acids is 1. The smallest absolute Gasteiger partial charge is 0.326 e. The monoisotopic (exact) mass is 524 g/mol. The molecule has 0 aromatic carbocycles. The molecule has 0 spiro atoms. The van der Waals surface area contributed by atoms with Crippen LogP contribution < -0.4 is 38.9 Å². The van der Waals surface area contributed by atoms with Crippen LogP contribution in [-0.2, 0) is 30.4 Å². The molecule has 0 aliphatic carbocycles. The van der Waals surface area contributed by atoms with Crippen molar-refractivity contribution in [1.29, 1.82) is 0 Å². The van der Waals surface area contributed by atoms with Gasteiger partial charge in [0, 0.05) is 24.9 Å². The first-order valence-corrected chi connectivity index (χ1v) is 11.5. The summed E-state index contributed by atoms with van der Waals surface area (Å²) in [6.45, 7) is 3.44. The first-order chi connectivity index (χ1) is 17.3. The van der Waals surface area contributed by atoms with E-state index in [0.717, 1.165) is 0 Å². The van der Waals surface area contributed by atoms with E-state index >= 15 is 0 Å². The SMILES string of the molecule is CC(C)C(NC(=O)C(CCCN=C(N)N)NC(=O)C(N)Cc1cnc[nH]1)C(=O)NC(CC(N)=O)C(=O)O. The third-order valence-corrected chi connectivity index (χ3v) is 5.18. The Bertz CT molecular complexity index is 961. The van der Waals surface area contributed by atoms with Gasteiger partial charge in [0.15, 0.2) is 5.96 Å². The number of carbonyl (C=O) groups is 5. The molecule has 16 nitrogen and oxygen atoms in total. The number of aliphatic imine (C=N–C) groups is 1. The predicted octanol–water partition coefficient (Wildman–Crippen LogP) is -3.60. The lowest BCUT2D eigenvalue weighted by molar-refractivity contribution is -0.144. The summed E-state index contributed by atoms with van der Waals surface area (Å²) in [6, 6.07) is -4.86. The van der Waals surface area contributed by atoms with Gasteiger partial charge in [0.1, 0.15) is 18.1 Å². The molecule has 0 fully saturated rings. The Labute approximate surface area is 213 Å². The van der Waals surface area contributed by atoms with Crippen LogP contribution in [0.1, 0.15) is 38.8 Å². The number of carboxylic acid groups (broad SMARTS) is 1. The van der Waals surface area contributed by atoms with Crippen molar-refractivity contribution in [2.45, 2.75) is 63.7 Å². The number of amides is 4. The average Bonchev–Trinajstić information content (AvgIpc) is 3.30. The van der Waals surface area contributed by atoms with Crippen LogP contribution >= 0.6 is 0 Å². The second-order valence-corrected chi connectivity index (χ2v) is 8.70. The molecule has 0 aliphatic heterocycles. The number of guanidine groups is 1. The molecule has 0 aliphatic rings. The van der Waals surface area contributed by atoms with Crippen molar-refractivity contribution in [3.8, 4) is 0 Å². The van der Waals surface area contributed by atoms with Gasteiger partial charge in [0.2, 0.25) is 23.6 Å². The Hall–Kier alpha value is -4.21. The van der Waals surface area contributed by atoms with Gasteiger partial charge in [-0.2, -0.15) is 0 Å². The van der Waals surface area contributed by atoms with Gasteiger partial charge in [-0.25, -0.2) is 9.78 Å². The molecule has 0 bridgehead atoms. The van der Waals surface area contributed by atoms with Gasteiger partial charge in [0.05, 0.1) is 18.8 Å². The molecule has 1 aromatic heterocycles. The molecule has 0 saturated carbocycles. The molecule has 37 heavy (non-hydrogen) atoms. The van der Waals surface area contributed by atoms with Crippen LogP contribution in [0.25, 0.3) is 0 Å². The van der Waals surface area contributed by atoms with Crippen molar-refractivity contribution < 1.29 is 29.1 Å². The highest BCUT2D eigenvalue weighted by molar-refractivity contribution is 5.95. The van der Waals surface area contributed by atoms with E-state index in [1.807, 2.05) is 0 Å². The second kappa shape index (κ2) is 15.0. The standard InChI is InChI=1S/C21H36N10O6/c1-10(2)16(19(35)30-14(20(36)37)7-15(23)32)31-18(34)13(4-3-5-27-21(24)25)29-17(33)12(22)6-11-8-26-9-28-11/h8-10,12-14,16H,3-7,22H2,1-2H3,(H2,23,32)(H,26,28)(H,29,33)(H,30,35)(H,31,34)(H,36,37)(H4,24,25,27). The van der Waals surface area contributed by atoms with Crippen LogP contribution in [0, 0.1) is 5.92 Å². The van der Waals surface area contributed by atoms with E-state index < -0.39 is 66.1 Å². The number of aromatic nitrogens is 2. The van der Waals surface area contributed by atoms with Gasteiger partial charge in [-0.15, -0.1) is 0 Å². The number of aromatic amines is 1. The number of nitrogens with zero attached hydrogens (tertiary/aromatic N) is 2. The van der Waals surface area contributed by atoms with E-state index in [1.165, 1.54) is 12.5 Å². The lowest BCUT2D eigenvalue weighted by atomic mass is 10.0. The first kappa shape index (κ1) is 30.8. The number of hydrogen-bond acceptors (Lipinski definition) is 8. The Morgan fingerprint density at radius 1 is 1.03 bits per heavy atom. The number of H-pyrrole nitrogens is 1. The van der Waals surface area contributed by atoms with E-state index in [2.05, 4.69) is 30.9 Å². The van der Waals surface area contributed by atoms with Gasteiger partial charge < -0.3 is 49.0 Å². The fourth-order valence-corrected chi connectivity index (χ4v) is 3.23. The Kier molecular flexibility index (Phi) is 12.5. The van der Waals surface area contributed by atoms with Crippen LogP contribution in [0.5, 0.6) is 0 Å². The van der Waals surface area contributed by atoms with Crippen LogP contribution in [-0.4, -0.2) is 81.3 Å². The molecular weight excluding hydrogens is 488 g/mol. The van der Waals surface area contributed by atoms with E-state index in [1.54, 1.807) is 13.8 Å². The normalized spacial score (nSPS) is 14.1. The summed E-state index contributed by atoms with van der Waals surface area (Å²) in [6.07, 6.45) is 2.89. The lowest BCUT2D eigenvalue weighted by Crippen LogP contribution is -2.58. The van der Waals surface area contributed by atoms with Crippen molar-refractivity contribution in [1.82, 2.24) is 25.9 Å². The fourth-order valence-electron chi connectivity index (χ4n) is 3.23. The maximum Gasteiger partial charge on any atom is 0.326 e. The second-order valence-electron chi connectivity index (χ2n) is 8.70. The van der Waals surface area contributed by atoms with Gasteiger partial charge in [-0.05, 0) is 18.8 Å². The zero-order valence-electron chi connectivity index (χ0n) is 20.8. The van der Waals surface area contributed by atoms with Crippen LogP contribution in [0.2, 0.25) is 0 Å². The summed E-state index contributed by atoms with van der Waals surface area (Å²) in [5.74, 6) is -5.15. The van der Waals surface area contributed by atoms with Crippen LogP contribution in [0.15, 0.2) is 17.5 Å². The number of hydrogen-bond donors (Lipinski definition) is 9. The molecule has 1 aromatic rings. The largest absolute Gasteiger partial charge is 0.480 e. The summed E-state index contributed by atoms with van der Waals surface area (Å²) < 4.78 is 0. The maximum absolute atomic E-state index is 13.1. The minimum absolute atomic E-state index is 0.108. The topological polar surface area (TPSA) is 287 Å². The summed E-state index contributed by atoms with van der Waals surface area (Å²) in [7, 11) is 0. The quantitative estimate of drug-likeness (QED) is 0.0581. The van der Waals surface area contributed by atoms with Crippen LogP contribution in [0.4, 0.5) is 0 Å². The molecule has 1 heterocycles. The van der Waals surface area contributed by atoms with Crippen molar-refractivity contribution in [2.24, 2.45) is 33.8 Å². The average molecular weight is 525 g/mol. The number of primary amides is 1. The molecule has 4 atom stereocenters. The van der Waals surface area contributed by atoms with Gasteiger partial charge in [-0.3, -0.25) is 24.2 Å². The molecule has 13 N–H and O–H groups in total. The number of rotatable bonds is 16. The van der Waals surface area contributed by atoms with E-state index in [4.69, 9.17) is 22.9 Å². The number of imidazole rings is 1. The summed E-state index contributed by atoms with van der Waals surface area (Å²) >= 11 is 0. The number of nitrogens with one attached hydrogen (secondary N) is 4. The van der Waals surface area contributed by atoms with Crippen molar-refractivity contribution >= 4 is 35.6 Å². The van der Waals surface area contributed by atoms with Crippen molar-refractivity contribution in [3.05, 3.63) is 18.2 Å². The third-order valence-electron chi connectivity index (χ3n) is 5.18. The van der Waals surface area contributed by atoms with Gasteiger partial charge in [0.25, 0.3) is 0 Å². The first-order valence-electron chi connectivity index (χ1n) is 11.5. The summed E-state index contributed by atoms with van der Waals surface area (Å²) in [4.78, 5) is 71.7. The van der Waals surface area contributed by atoms with E-state index in [-0.39, 0.29) is 25.3 Å². The molecule has 0 radical (unpaired) electrons. The third kappa shape index (κ3) is 11.4. The number of carbonyl (C=O) groups excluding carboxylic acids is 4. The Morgan fingerprint density at radius 3 is 2.19 bits per heavy atom. The minimum Gasteiger partial charge on any atom is -0.480 e. The highest BCUT2D eigenvalue weighted by atomic mass is 16.4. The molecule has 1 rings (SSSR count). The summed E-state index contributed by atoms with van der Waals surface area (Å²) in [5, 5.41) is 16.6. The molecule has 16 heteroatoms. The molecule has 4 amide bonds. The lowest BCUT2D eigenvalue weighted by Gasteiger charge is -2.27. The van der Waals surface area contributed by atoms with Crippen molar-refractivity contribution in [3.63, 3.8) is 0 Å². The fraction of sp³-hybridized carbons (Fsp3) is 0.571. The van der Waals surface area contributed by atoms with Gasteiger partial charge >= 0.3 is 5.97 Å². The predicted molar refractivity (Wildman–Crippen MR) is 132 cm³/mol. The molecule has 4 unspecified atom stereocenters. The maximum atomic E-state index is 13.1. The minimum atomic E-state index is -1.57. The van der Waals surface area contributed by atoms with E-state index in [0.29, 0.717) is 12.1 Å². The van der Waals surface area contributed by atoms with Crippen molar-refractivity contribution in [2.75, 3.05) is 6.54 Å². The Morgan fingerprint density at radius 2 is 1.68 bits per heavy atom. The highest BCUT2D eigenvalue weighted by Crippen LogP contribution is 2.07. The highest BCUT2D eigenvalue weighted by Gasteiger charge is 2.32. The molecule has 0 saturated heterocycles. The number of carboxylic acids is 1. The zero-order valence-corrected chi connectivity index (χ0v) is 20.8. The van der Waals surface area contributed by atoms with Crippen LogP contribution in [0.3, 0.4) is 0 Å². The Balaban J connectivity index is 2.98. The molecule has 206 valence electrons. The summed E-state index contributed by atoms with van der Waals surface area (Å²) in [5.41, 5.74) is 22.3. The number of nitrogens with two attached hydrogens (primary N) is 4. The van der Waals surface area contributed by atoms with Gasteiger partial charge in [-0.1, -0.05) is 13.8 Å². The molecular formula is C21H36N10O6. The zero-order chi connectivity index (χ0) is 28.1. The van der Waals surface area contributed by atoms with E-state index in [9.17, 15) is 29.1 Å².